The summed E-state index contributed by atoms with van der Waals surface area (Å²) in [6.07, 6.45) is 2.10. The van der Waals surface area contributed by atoms with Crippen LogP contribution in [-0.2, 0) is 24.9 Å². The van der Waals surface area contributed by atoms with Gasteiger partial charge in [-0.2, -0.15) is 0 Å². The van der Waals surface area contributed by atoms with Gasteiger partial charge in [0.25, 0.3) is 0 Å². The second kappa shape index (κ2) is 8.19. The van der Waals surface area contributed by atoms with Crippen LogP contribution in [0.2, 0.25) is 0 Å². The summed E-state index contributed by atoms with van der Waals surface area (Å²) in [5.41, 5.74) is 3.83. The lowest BCUT2D eigenvalue weighted by Crippen LogP contribution is -2.26. The Labute approximate surface area is 149 Å². The number of ether oxygens (including phenoxy) is 2. The van der Waals surface area contributed by atoms with Gasteiger partial charge in [0, 0.05) is 45.5 Å². The van der Waals surface area contributed by atoms with E-state index in [1.807, 2.05) is 12.1 Å². The molecular formula is C21H26N2O2. The van der Waals surface area contributed by atoms with E-state index in [-0.39, 0.29) is 0 Å². The molecule has 0 radical (unpaired) electrons. The zero-order valence-electron chi connectivity index (χ0n) is 15.2. The maximum atomic E-state index is 5.34. The number of hydrogen-bond donors (Lipinski definition) is 0. The molecule has 0 aliphatic rings. The topological polar surface area (TPSA) is 26.6 Å². The number of aryl methyl sites for hydroxylation is 1. The SMILES string of the molecule is COCCN(Cc1cccc(OC)c1)Cc1ccc2c(ccn2C)c1. The highest BCUT2D eigenvalue weighted by molar-refractivity contribution is 5.80. The van der Waals surface area contributed by atoms with E-state index in [2.05, 4.69) is 59.1 Å². The minimum atomic E-state index is 0.720. The van der Waals surface area contributed by atoms with Crippen molar-refractivity contribution >= 4 is 10.9 Å². The van der Waals surface area contributed by atoms with E-state index in [1.165, 1.54) is 22.0 Å². The number of hydrogen-bond acceptors (Lipinski definition) is 3. The molecule has 132 valence electrons. The number of nitrogens with zero attached hydrogens (tertiary/aromatic N) is 2. The first-order chi connectivity index (χ1) is 12.2. The first kappa shape index (κ1) is 17.5. The highest BCUT2D eigenvalue weighted by Crippen LogP contribution is 2.19. The lowest BCUT2D eigenvalue weighted by molar-refractivity contribution is 0.140. The van der Waals surface area contributed by atoms with Crippen LogP contribution in [0.5, 0.6) is 5.75 Å². The molecule has 0 spiro atoms. The van der Waals surface area contributed by atoms with E-state index >= 15 is 0 Å². The van der Waals surface area contributed by atoms with Gasteiger partial charge in [0.2, 0.25) is 0 Å². The Morgan fingerprint density at radius 2 is 1.76 bits per heavy atom. The van der Waals surface area contributed by atoms with Crippen molar-refractivity contribution in [1.29, 1.82) is 0 Å². The summed E-state index contributed by atoms with van der Waals surface area (Å²) in [5, 5.41) is 1.29. The fourth-order valence-electron chi connectivity index (χ4n) is 3.15. The number of benzene rings is 2. The van der Waals surface area contributed by atoms with Crippen LogP contribution >= 0.6 is 0 Å². The molecule has 0 aliphatic carbocycles. The third-order valence-corrected chi connectivity index (χ3v) is 4.51. The van der Waals surface area contributed by atoms with Crippen LogP contribution in [0.25, 0.3) is 10.9 Å². The molecule has 4 nitrogen and oxygen atoms in total. The highest BCUT2D eigenvalue weighted by Gasteiger charge is 2.09. The van der Waals surface area contributed by atoms with Crippen LogP contribution in [0, 0.1) is 0 Å². The average molecular weight is 338 g/mol. The number of fused-ring (bicyclic) bond motifs is 1. The van der Waals surface area contributed by atoms with Gasteiger partial charge in [-0.3, -0.25) is 4.90 Å². The summed E-state index contributed by atoms with van der Waals surface area (Å²) in [6, 6.07) is 17.1. The molecule has 3 rings (SSSR count). The molecule has 1 heterocycles. The van der Waals surface area contributed by atoms with Gasteiger partial charge in [-0.25, -0.2) is 0 Å². The molecule has 3 aromatic rings. The predicted molar refractivity (Wildman–Crippen MR) is 102 cm³/mol. The normalized spacial score (nSPS) is 11.4. The third-order valence-electron chi connectivity index (χ3n) is 4.51. The molecule has 0 saturated carbocycles. The minimum absolute atomic E-state index is 0.720. The largest absolute Gasteiger partial charge is 0.497 e. The summed E-state index contributed by atoms with van der Waals surface area (Å²) < 4.78 is 12.8. The van der Waals surface area contributed by atoms with Crippen molar-refractivity contribution in [3.05, 3.63) is 65.9 Å². The van der Waals surface area contributed by atoms with Crippen molar-refractivity contribution in [2.45, 2.75) is 13.1 Å². The summed E-state index contributed by atoms with van der Waals surface area (Å²) in [5.74, 6) is 0.898. The third kappa shape index (κ3) is 4.41. The van der Waals surface area contributed by atoms with Crippen molar-refractivity contribution in [2.24, 2.45) is 7.05 Å². The van der Waals surface area contributed by atoms with Gasteiger partial charge in [0.05, 0.1) is 13.7 Å². The molecule has 0 unspecified atom stereocenters. The lowest BCUT2D eigenvalue weighted by Gasteiger charge is -2.22. The van der Waals surface area contributed by atoms with Crippen molar-refractivity contribution in [1.82, 2.24) is 9.47 Å². The van der Waals surface area contributed by atoms with E-state index < -0.39 is 0 Å². The van der Waals surface area contributed by atoms with E-state index in [0.717, 1.165) is 32.0 Å². The lowest BCUT2D eigenvalue weighted by atomic mass is 10.1. The van der Waals surface area contributed by atoms with Crippen LogP contribution in [0.1, 0.15) is 11.1 Å². The molecule has 2 aromatic carbocycles. The molecule has 4 heteroatoms. The van der Waals surface area contributed by atoms with Gasteiger partial charge in [-0.15, -0.1) is 0 Å². The van der Waals surface area contributed by atoms with E-state index in [0.29, 0.717) is 0 Å². The van der Waals surface area contributed by atoms with Crippen LogP contribution in [-0.4, -0.2) is 36.8 Å². The van der Waals surface area contributed by atoms with Gasteiger partial charge in [0.15, 0.2) is 0 Å². The van der Waals surface area contributed by atoms with Crippen LogP contribution in [0.4, 0.5) is 0 Å². The molecule has 0 saturated heterocycles. The Bertz CT molecular complexity index is 826. The van der Waals surface area contributed by atoms with Crippen LogP contribution < -0.4 is 4.74 Å². The molecule has 25 heavy (non-hydrogen) atoms. The zero-order chi connectivity index (χ0) is 17.6. The number of aromatic nitrogens is 1. The van der Waals surface area contributed by atoms with Gasteiger partial charge in [-0.1, -0.05) is 18.2 Å². The number of rotatable bonds is 8. The van der Waals surface area contributed by atoms with Crippen molar-refractivity contribution in [2.75, 3.05) is 27.4 Å². The standard InChI is InChI=1S/C21H26N2O2/c1-22-10-9-19-13-18(7-8-21(19)22)16-23(11-12-24-2)15-17-5-4-6-20(14-17)25-3/h4-10,13-14H,11-12,15-16H2,1-3H3. The Kier molecular flexibility index (Phi) is 5.74. The monoisotopic (exact) mass is 338 g/mol. The maximum absolute atomic E-state index is 5.34. The van der Waals surface area contributed by atoms with E-state index in [4.69, 9.17) is 9.47 Å². The van der Waals surface area contributed by atoms with Crippen molar-refractivity contribution in [3.8, 4) is 5.75 Å². The molecule has 0 aliphatic heterocycles. The molecule has 0 fully saturated rings. The number of methoxy groups -OCH3 is 2. The second-order valence-electron chi connectivity index (χ2n) is 6.37. The van der Waals surface area contributed by atoms with Gasteiger partial charge in [0.1, 0.15) is 5.75 Å². The van der Waals surface area contributed by atoms with Crippen molar-refractivity contribution < 1.29 is 9.47 Å². The molecular weight excluding hydrogens is 312 g/mol. The molecule has 0 N–H and O–H groups in total. The fraction of sp³-hybridized carbons (Fsp3) is 0.333. The van der Waals surface area contributed by atoms with E-state index in [1.54, 1.807) is 14.2 Å². The highest BCUT2D eigenvalue weighted by atomic mass is 16.5. The zero-order valence-corrected chi connectivity index (χ0v) is 15.2. The quantitative estimate of drug-likeness (QED) is 0.624. The fourth-order valence-corrected chi connectivity index (χ4v) is 3.15. The molecule has 1 aromatic heterocycles. The second-order valence-corrected chi connectivity index (χ2v) is 6.37. The Morgan fingerprint density at radius 1 is 0.960 bits per heavy atom. The predicted octanol–water partition coefficient (Wildman–Crippen LogP) is 3.84. The average Bonchev–Trinajstić information content (AvgIpc) is 3.00. The smallest absolute Gasteiger partial charge is 0.119 e. The summed E-state index contributed by atoms with van der Waals surface area (Å²) in [4.78, 5) is 2.41. The molecule has 0 amide bonds. The Morgan fingerprint density at radius 3 is 2.52 bits per heavy atom. The van der Waals surface area contributed by atoms with Crippen LogP contribution in [0.15, 0.2) is 54.7 Å². The molecule has 0 bridgehead atoms. The summed E-state index contributed by atoms with van der Waals surface area (Å²) in [7, 11) is 5.53. The van der Waals surface area contributed by atoms with Crippen molar-refractivity contribution in [3.63, 3.8) is 0 Å². The van der Waals surface area contributed by atoms with Gasteiger partial charge >= 0.3 is 0 Å². The maximum Gasteiger partial charge on any atom is 0.119 e. The first-order valence-electron chi connectivity index (χ1n) is 8.58. The summed E-state index contributed by atoms with van der Waals surface area (Å²) in [6.45, 7) is 3.37. The van der Waals surface area contributed by atoms with Gasteiger partial charge in [-0.05, 0) is 46.8 Å². The van der Waals surface area contributed by atoms with Gasteiger partial charge < -0.3 is 14.0 Å². The summed E-state index contributed by atoms with van der Waals surface area (Å²) >= 11 is 0. The van der Waals surface area contributed by atoms with Crippen LogP contribution in [0.3, 0.4) is 0 Å². The first-order valence-corrected chi connectivity index (χ1v) is 8.58. The van der Waals surface area contributed by atoms with E-state index in [9.17, 15) is 0 Å². The Balaban J connectivity index is 1.76. The minimum Gasteiger partial charge on any atom is -0.497 e. The molecule has 0 atom stereocenters. The Hall–Kier alpha value is -2.30.